The number of rotatable bonds is 4. The zero-order valence-corrected chi connectivity index (χ0v) is 17.4. The Hall–Kier alpha value is -2.14. The molecule has 2 fully saturated rings. The molecule has 0 amide bonds. The highest BCUT2D eigenvalue weighted by Gasteiger charge is 2.40. The van der Waals surface area contributed by atoms with E-state index < -0.39 is 15.6 Å². The van der Waals surface area contributed by atoms with Crippen molar-refractivity contribution in [2.45, 2.75) is 28.4 Å². The highest BCUT2D eigenvalue weighted by molar-refractivity contribution is 7.91. The van der Waals surface area contributed by atoms with Gasteiger partial charge in [-0.2, -0.15) is 4.98 Å². The summed E-state index contributed by atoms with van der Waals surface area (Å²) in [6.07, 6.45) is 2.58. The second-order valence-electron chi connectivity index (χ2n) is 6.81. The topological polar surface area (TPSA) is 117 Å². The maximum absolute atomic E-state index is 13.1. The van der Waals surface area contributed by atoms with Crippen LogP contribution in [-0.4, -0.2) is 57.6 Å². The van der Waals surface area contributed by atoms with Gasteiger partial charge in [0.15, 0.2) is 5.79 Å². The lowest BCUT2D eigenvalue weighted by molar-refractivity contribution is -0.169. The van der Waals surface area contributed by atoms with Gasteiger partial charge in [-0.3, -0.25) is 0 Å². The van der Waals surface area contributed by atoms with E-state index in [-0.39, 0.29) is 26.4 Å². The number of halogens is 1. The fourth-order valence-electron chi connectivity index (χ4n) is 3.55. The van der Waals surface area contributed by atoms with Gasteiger partial charge in [-0.1, -0.05) is 11.6 Å². The van der Waals surface area contributed by atoms with E-state index in [0.717, 1.165) is 0 Å². The minimum Gasteiger partial charge on any atom is -0.495 e. The number of ether oxygens (including phenoxy) is 3. The molecule has 0 bridgehead atoms. The Morgan fingerprint density at radius 1 is 1.21 bits per heavy atom. The molecule has 2 aromatic rings. The lowest BCUT2D eigenvalue weighted by Gasteiger charge is -2.37. The van der Waals surface area contributed by atoms with Crippen LogP contribution in [0.3, 0.4) is 0 Å². The molecule has 4 rings (SSSR count). The van der Waals surface area contributed by atoms with Gasteiger partial charge < -0.3 is 24.8 Å². The Labute approximate surface area is 173 Å². The van der Waals surface area contributed by atoms with E-state index in [0.29, 0.717) is 45.1 Å². The first kappa shape index (κ1) is 20.1. The Kier molecular flexibility index (Phi) is 5.28. The van der Waals surface area contributed by atoms with Gasteiger partial charge in [-0.05, 0) is 18.2 Å². The molecule has 1 aromatic carbocycles. The number of methoxy groups -OCH3 is 1. The van der Waals surface area contributed by atoms with Crippen molar-refractivity contribution >= 4 is 33.2 Å². The summed E-state index contributed by atoms with van der Waals surface area (Å²) < 4.78 is 42.8. The zero-order chi connectivity index (χ0) is 20.6. The van der Waals surface area contributed by atoms with Crippen LogP contribution in [0.25, 0.3) is 0 Å². The Morgan fingerprint density at radius 2 is 1.90 bits per heavy atom. The van der Waals surface area contributed by atoms with Gasteiger partial charge in [0.05, 0.1) is 26.5 Å². The van der Waals surface area contributed by atoms with Crippen molar-refractivity contribution in [2.24, 2.45) is 0 Å². The fraction of sp³-hybridized carbons (Fsp3) is 0.444. The van der Waals surface area contributed by atoms with Crippen LogP contribution in [0, 0.1) is 0 Å². The van der Waals surface area contributed by atoms with Crippen LogP contribution in [0.2, 0.25) is 5.02 Å². The van der Waals surface area contributed by atoms with Gasteiger partial charge in [0.25, 0.3) is 0 Å². The molecule has 1 spiro atoms. The molecule has 29 heavy (non-hydrogen) atoms. The molecule has 156 valence electrons. The number of anilines is 2. The smallest absolute Gasteiger partial charge is 0.227 e. The van der Waals surface area contributed by atoms with Crippen molar-refractivity contribution < 1.29 is 22.6 Å². The summed E-state index contributed by atoms with van der Waals surface area (Å²) >= 11 is 5.98. The van der Waals surface area contributed by atoms with E-state index in [4.69, 9.17) is 31.5 Å². The summed E-state index contributed by atoms with van der Waals surface area (Å²) in [5.41, 5.74) is 6.02. The van der Waals surface area contributed by atoms with E-state index in [1.165, 1.54) is 25.4 Å². The first-order valence-corrected chi connectivity index (χ1v) is 10.9. The van der Waals surface area contributed by atoms with Crippen molar-refractivity contribution in [3.05, 3.63) is 29.4 Å². The largest absolute Gasteiger partial charge is 0.495 e. The average Bonchev–Trinajstić information content (AvgIpc) is 3.16. The predicted molar refractivity (Wildman–Crippen MR) is 106 cm³/mol. The molecular weight excluding hydrogens is 420 g/mol. The zero-order valence-electron chi connectivity index (χ0n) is 15.8. The first-order chi connectivity index (χ1) is 13.8. The summed E-state index contributed by atoms with van der Waals surface area (Å²) in [6.45, 7) is 2.44. The molecular formula is C18H21ClN4O5S. The number of hydrogen-bond acceptors (Lipinski definition) is 9. The second-order valence-corrected chi connectivity index (χ2v) is 9.14. The third kappa shape index (κ3) is 3.73. The highest BCUT2D eigenvalue weighted by Crippen LogP contribution is 2.35. The van der Waals surface area contributed by atoms with Crippen molar-refractivity contribution in [1.82, 2.24) is 9.97 Å². The molecule has 3 heterocycles. The van der Waals surface area contributed by atoms with Gasteiger partial charge in [-0.15, -0.1) is 0 Å². The van der Waals surface area contributed by atoms with E-state index >= 15 is 0 Å². The van der Waals surface area contributed by atoms with E-state index in [2.05, 4.69) is 9.97 Å². The lowest BCUT2D eigenvalue weighted by Crippen LogP contribution is -2.45. The van der Waals surface area contributed by atoms with E-state index in [1.807, 2.05) is 4.90 Å². The summed E-state index contributed by atoms with van der Waals surface area (Å²) in [4.78, 5) is 10.1. The molecule has 2 saturated heterocycles. The number of hydrogen-bond donors (Lipinski definition) is 1. The highest BCUT2D eigenvalue weighted by atomic mass is 35.5. The standard InChI is InChI=1S/C18H21ClN4O5S/c1-26-13-3-2-12(19)10-14(13)29(24,25)15-11-21-17(22-16(15)20)23-6-4-18(5-7-23)27-8-9-28-18/h2-3,10-11H,4-9H2,1H3,(H2,20,21,22). The van der Waals surface area contributed by atoms with Gasteiger partial charge in [0.2, 0.25) is 15.8 Å². The molecule has 0 aliphatic carbocycles. The molecule has 2 aliphatic heterocycles. The minimum atomic E-state index is -4.02. The molecule has 0 unspecified atom stereocenters. The maximum Gasteiger partial charge on any atom is 0.227 e. The van der Waals surface area contributed by atoms with Gasteiger partial charge in [-0.25, -0.2) is 13.4 Å². The number of sulfone groups is 1. The fourth-order valence-corrected chi connectivity index (χ4v) is 5.23. The van der Waals surface area contributed by atoms with Gasteiger partial charge in [0.1, 0.15) is 21.4 Å². The van der Waals surface area contributed by atoms with Crippen molar-refractivity contribution in [3.63, 3.8) is 0 Å². The van der Waals surface area contributed by atoms with E-state index in [9.17, 15) is 8.42 Å². The predicted octanol–water partition coefficient (Wildman–Crippen LogP) is 1.90. The van der Waals surface area contributed by atoms with Crippen LogP contribution in [0.4, 0.5) is 11.8 Å². The molecule has 0 atom stereocenters. The normalized spacial score (nSPS) is 18.9. The number of piperidine rings is 1. The van der Waals surface area contributed by atoms with Crippen molar-refractivity contribution in [2.75, 3.05) is 44.0 Å². The second kappa shape index (κ2) is 7.60. The van der Waals surface area contributed by atoms with Crippen LogP contribution in [0.1, 0.15) is 12.8 Å². The number of nitrogens with two attached hydrogens (primary N) is 1. The Bertz CT molecular complexity index is 1020. The Morgan fingerprint density at radius 3 is 2.52 bits per heavy atom. The Balaban J connectivity index is 1.60. The van der Waals surface area contributed by atoms with Crippen LogP contribution in [0.5, 0.6) is 5.75 Å². The third-order valence-corrected chi connectivity index (χ3v) is 7.12. The molecule has 9 nitrogen and oxygen atoms in total. The van der Waals surface area contributed by atoms with Crippen molar-refractivity contribution in [1.29, 1.82) is 0 Å². The molecule has 2 N–H and O–H groups in total. The number of benzene rings is 1. The molecule has 0 radical (unpaired) electrons. The minimum absolute atomic E-state index is 0.0917. The quantitative estimate of drug-likeness (QED) is 0.760. The third-order valence-electron chi connectivity index (χ3n) is 5.10. The van der Waals surface area contributed by atoms with Gasteiger partial charge in [0, 0.05) is 31.0 Å². The monoisotopic (exact) mass is 440 g/mol. The van der Waals surface area contributed by atoms with E-state index in [1.54, 1.807) is 6.07 Å². The number of nitrogens with zero attached hydrogens (tertiary/aromatic N) is 3. The molecule has 1 aromatic heterocycles. The molecule has 11 heteroatoms. The molecule has 0 saturated carbocycles. The number of nitrogen functional groups attached to an aromatic ring is 1. The maximum atomic E-state index is 13.1. The lowest BCUT2D eigenvalue weighted by atomic mass is 10.0. The van der Waals surface area contributed by atoms with Crippen LogP contribution >= 0.6 is 11.6 Å². The van der Waals surface area contributed by atoms with Crippen molar-refractivity contribution in [3.8, 4) is 5.75 Å². The summed E-state index contributed by atoms with van der Waals surface area (Å²) in [6, 6.07) is 4.34. The molecule has 2 aliphatic rings. The summed E-state index contributed by atoms with van der Waals surface area (Å²) in [7, 11) is -2.64. The van der Waals surface area contributed by atoms with Crippen LogP contribution < -0.4 is 15.4 Å². The summed E-state index contributed by atoms with van der Waals surface area (Å²) in [5.74, 6) is -0.122. The van der Waals surface area contributed by atoms with Crippen LogP contribution in [0.15, 0.2) is 34.2 Å². The SMILES string of the molecule is COc1ccc(Cl)cc1S(=O)(=O)c1cnc(N2CCC3(CC2)OCCO3)nc1N. The average molecular weight is 441 g/mol. The van der Waals surface area contributed by atoms with Gasteiger partial charge >= 0.3 is 0 Å². The first-order valence-electron chi connectivity index (χ1n) is 9.09. The summed E-state index contributed by atoms with van der Waals surface area (Å²) in [5, 5.41) is 0.263. The van der Waals surface area contributed by atoms with Crippen LogP contribution in [-0.2, 0) is 19.3 Å². The number of aromatic nitrogens is 2.